The van der Waals surface area contributed by atoms with Gasteiger partial charge in [-0.15, -0.1) is 0 Å². The molecule has 6 nitrogen and oxygen atoms in total. The first-order valence-electron chi connectivity index (χ1n) is 14.8. The second-order valence-electron chi connectivity index (χ2n) is 12.2. The predicted octanol–water partition coefficient (Wildman–Crippen LogP) is 7.04. The van der Waals surface area contributed by atoms with Gasteiger partial charge in [0.15, 0.2) is 0 Å². The number of benzene rings is 4. The van der Waals surface area contributed by atoms with Crippen LogP contribution in [0.15, 0.2) is 97.1 Å². The maximum atomic E-state index is 12.5. The van der Waals surface area contributed by atoms with Crippen molar-refractivity contribution in [1.82, 2.24) is 14.4 Å². The Labute approximate surface area is 247 Å². The van der Waals surface area contributed by atoms with Gasteiger partial charge in [-0.3, -0.25) is 4.90 Å². The summed E-state index contributed by atoms with van der Waals surface area (Å²) >= 11 is 0. The van der Waals surface area contributed by atoms with Crippen molar-refractivity contribution in [3.8, 4) is 22.3 Å². The summed E-state index contributed by atoms with van der Waals surface area (Å²) in [5.41, 5.74) is 6.45. The molecule has 0 radical (unpaired) electrons. The SMILES string of the molecule is CC(C)(C)OC(=O)N1CCN(CC(O)Cn2c3ccc(-c4ccccc4)cc3c3cc(-c4ccccc4)ccc32)CC1. The lowest BCUT2D eigenvalue weighted by atomic mass is 10.0. The molecule has 1 atom stereocenters. The van der Waals surface area contributed by atoms with Gasteiger partial charge in [0.1, 0.15) is 5.60 Å². The van der Waals surface area contributed by atoms with E-state index in [-0.39, 0.29) is 6.09 Å². The molecule has 0 saturated carbocycles. The highest BCUT2D eigenvalue weighted by Crippen LogP contribution is 2.35. The van der Waals surface area contributed by atoms with E-state index in [1.54, 1.807) is 4.90 Å². The van der Waals surface area contributed by atoms with Gasteiger partial charge in [-0.05, 0) is 67.3 Å². The van der Waals surface area contributed by atoms with Crippen LogP contribution in [0.1, 0.15) is 20.8 Å². The number of aliphatic hydroxyl groups is 1. The standard InChI is InChI=1S/C36H39N3O3/c1-36(2,3)42-35(41)38-20-18-37(19-21-38)24-30(40)25-39-33-16-14-28(26-10-6-4-7-11-26)22-31(33)32-23-29(15-17-34(32)39)27-12-8-5-9-13-27/h4-17,22-23,30,40H,18-21,24-25H2,1-3H3. The number of aromatic nitrogens is 1. The number of fused-ring (bicyclic) bond motifs is 3. The number of piperazine rings is 1. The Bertz CT molecular complexity index is 1580. The van der Waals surface area contributed by atoms with Crippen LogP contribution in [-0.2, 0) is 11.3 Å². The van der Waals surface area contributed by atoms with Gasteiger partial charge < -0.3 is 19.3 Å². The number of aliphatic hydroxyl groups excluding tert-OH is 1. The Morgan fingerprint density at radius 1 is 0.714 bits per heavy atom. The van der Waals surface area contributed by atoms with E-state index < -0.39 is 11.7 Å². The van der Waals surface area contributed by atoms with E-state index in [0.717, 1.165) is 11.0 Å². The molecule has 1 aromatic heterocycles. The summed E-state index contributed by atoms with van der Waals surface area (Å²) in [6, 6.07) is 34.2. The zero-order valence-electron chi connectivity index (χ0n) is 24.7. The molecule has 5 aromatic rings. The third-order valence-electron chi connectivity index (χ3n) is 7.97. The van der Waals surface area contributed by atoms with Gasteiger partial charge >= 0.3 is 6.09 Å². The highest BCUT2D eigenvalue weighted by atomic mass is 16.6. The van der Waals surface area contributed by atoms with E-state index in [4.69, 9.17) is 4.74 Å². The molecule has 6 rings (SSSR count). The number of β-amino-alcohol motifs (C(OH)–C–C–N with tert-alkyl or cyclic N) is 1. The molecule has 1 aliphatic heterocycles. The summed E-state index contributed by atoms with van der Waals surface area (Å²) in [6.45, 7) is 9.32. The van der Waals surface area contributed by atoms with E-state index in [2.05, 4.69) is 94.4 Å². The molecule has 1 fully saturated rings. The maximum absolute atomic E-state index is 12.5. The molecule has 0 bridgehead atoms. The molecule has 1 aliphatic rings. The average Bonchev–Trinajstić information content (AvgIpc) is 3.29. The van der Waals surface area contributed by atoms with E-state index >= 15 is 0 Å². The second-order valence-corrected chi connectivity index (χ2v) is 12.2. The Kier molecular flexibility index (Phi) is 7.76. The van der Waals surface area contributed by atoms with Crippen molar-refractivity contribution in [2.45, 2.75) is 39.0 Å². The molecular weight excluding hydrogens is 522 g/mol. The molecule has 1 unspecified atom stereocenters. The highest BCUT2D eigenvalue weighted by molar-refractivity contribution is 6.10. The Balaban J connectivity index is 1.26. The number of hydrogen-bond donors (Lipinski definition) is 1. The van der Waals surface area contributed by atoms with Gasteiger partial charge in [0.2, 0.25) is 0 Å². The third kappa shape index (κ3) is 6.06. The summed E-state index contributed by atoms with van der Waals surface area (Å²) in [5.74, 6) is 0. The van der Waals surface area contributed by atoms with Gasteiger partial charge in [-0.25, -0.2) is 4.79 Å². The molecule has 1 amide bonds. The quantitative estimate of drug-likeness (QED) is 0.242. The minimum Gasteiger partial charge on any atom is -0.444 e. The summed E-state index contributed by atoms with van der Waals surface area (Å²) < 4.78 is 7.79. The van der Waals surface area contributed by atoms with Gasteiger partial charge in [0.05, 0.1) is 12.6 Å². The van der Waals surface area contributed by atoms with E-state index in [1.165, 1.54) is 33.0 Å². The topological polar surface area (TPSA) is 57.9 Å². The van der Waals surface area contributed by atoms with Crippen LogP contribution in [0.2, 0.25) is 0 Å². The lowest BCUT2D eigenvalue weighted by Gasteiger charge is -2.36. The molecule has 4 aromatic carbocycles. The molecule has 42 heavy (non-hydrogen) atoms. The number of carbonyl (C=O) groups is 1. The summed E-state index contributed by atoms with van der Waals surface area (Å²) in [5, 5.41) is 13.7. The Morgan fingerprint density at radius 3 is 1.69 bits per heavy atom. The van der Waals surface area contributed by atoms with Crippen LogP contribution in [0, 0.1) is 0 Å². The van der Waals surface area contributed by atoms with Gasteiger partial charge in [-0.2, -0.15) is 0 Å². The predicted molar refractivity (Wildman–Crippen MR) is 171 cm³/mol. The number of nitrogens with zero attached hydrogens (tertiary/aromatic N) is 3. The fraction of sp³-hybridized carbons (Fsp3) is 0.306. The highest BCUT2D eigenvalue weighted by Gasteiger charge is 2.27. The van der Waals surface area contributed by atoms with Crippen LogP contribution in [-0.4, -0.2) is 70.0 Å². The zero-order valence-corrected chi connectivity index (χ0v) is 24.7. The van der Waals surface area contributed by atoms with Crippen molar-refractivity contribution in [3.05, 3.63) is 97.1 Å². The van der Waals surface area contributed by atoms with E-state index in [1.807, 2.05) is 32.9 Å². The van der Waals surface area contributed by atoms with Crippen LogP contribution >= 0.6 is 0 Å². The van der Waals surface area contributed by atoms with Crippen LogP contribution in [0.5, 0.6) is 0 Å². The van der Waals surface area contributed by atoms with Crippen molar-refractivity contribution < 1.29 is 14.6 Å². The second kappa shape index (κ2) is 11.6. The summed E-state index contributed by atoms with van der Waals surface area (Å²) in [4.78, 5) is 16.5. The van der Waals surface area contributed by atoms with Gasteiger partial charge in [0, 0.05) is 54.5 Å². The first-order chi connectivity index (χ1) is 20.2. The van der Waals surface area contributed by atoms with Crippen LogP contribution in [0.25, 0.3) is 44.1 Å². The minimum absolute atomic E-state index is 0.266. The summed E-state index contributed by atoms with van der Waals surface area (Å²) in [6.07, 6.45) is -0.822. The number of amides is 1. The van der Waals surface area contributed by atoms with Crippen LogP contribution in [0.4, 0.5) is 4.79 Å². The first kappa shape index (κ1) is 28.0. The van der Waals surface area contributed by atoms with E-state index in [9.17, 15) is 9.90 Å². The molecule has 216 valence electrons. The average molecular weight is 562 g/mol. The van der Waals surface area contributed by atoms with E-state index in [0.29, 0.717) is 39.3 Å². The molecule has 2 heterocycles. The lowest BCUT2D eigenvalue weighted by Crippen LogP contribution is -2.51. The number of ether oxygens (including phenoxy) is 1. The van der Waals surface area contributed by atoms with Gasteiger partial charge in [-0.1, -0.05) is 72.8 Å². The fourth-order valence-electron chi connectivity index (χ4n) is 5.93. The van der Waals surface area contributed by atoms with Crippen LogP contribution < -0.4 is 0 Å². The van der Waals surface area contributed by atoms with Crippen molar-refractivity contribution >= 4 is 27.9 Å². The lowest BCUT2D eigenvalue weighted by molar-refractivity contribution is 0.00949. The van der Waals surface area contributed by atoms with Crippen molar-refractivity contribution in [3.63, 3.8) is 0 Å². The Morgan fingerprint density at radius 2 is 1.21 bits per heavy atom. The monoisotopic (exact) mass is 561 g/mol. The molecule has 1 N–H and O–H groups in total. The molecular formula is C36H39N3O3. The normalized spacial score (nSPS) is 15.3. The van der Waals surface area contributed by atoms with Crippen molar-refractivity contribution in [1.29, 1.82) is 0 Å². The molecule has 0 aliphatic carbocycles. The number of hydrogen-bond acceptors (Lipinski definition) is 4. The molecule has 6 heteroatoms. The molecule has 1 saturated heterocycles. The number of carbonyl (C=O) groups excluding carboxylic acids is 1. The minimum atomic E-state index is -0.556. The van der Waals surface area contributed by atoms with Crippen LogP contribution in [0.3, 0.4) is 0 Å². The number of rotatable bonds is 6. The van der Waals surface area contributed by atoms with Crippen molar-refractivity contribution in [2.75, 3.05) is 32.7 Å². The smallest absolute Gasteiger partial charge is 0.410 e. The summed E-state index contributed by atoms with van der Waals surface area (Å²) in [7, 11) is 0. The maximum Gasteiger partial charge on any atom is 0.410 e. The fourth-order valence-corrected chi connectivity index (χ4v) is 5.93. The van der Waals surface area contributed by atoms with Gasteiger partial charge in [0.25, 0.3) is 0 Å². The van der Waals surface area contributed by atoms with Crippen molar-refractivity contribution in [2.24, 2.45) is 0 Å². The Hall–Kier alpha value is -4.13. The zero-order chi connectivity index (χ0) is 29.3. The largest absolute Gasteiger partial charge is 0.444 e. The first-order valence-corrected chi connectivity index (χ1v) is 14.8. The molecule has 0 spiro atoms. The third-order valence-corrected chi connectivity index (χ3v) is 7.97.